The predicted octanol–water partition coefficient (Wildman–Crippen LogP) is 1.44. The van der Waals surface area contributed by atoms with Crippen molar-refractivity contribution in [2.75, 3.05) is 19.6 Å². The average molecular weight is 291 g/mol. The molecule has 1 aliphatic rings. The van der Waals surface area contributed by atoms with Crippen molar-refractivity contribution in [3.05, 3.63) is 39.4 Å². The van der Waals surface area contributed by atoms with E-state index in [1.165, 1.54) is 18.2 Å². The van der Waals surface area contributed by atoms with E-state index in [1.54, 1.807) is 0 Å². The highest BCUT2D eigenvalue weighted by molar-refractivity contribution is 6.21. The second kappa shape index (κ2) is 6.01. The fourth-order valence-electron chi connectivity index (χ4n) is 2.33. The number of rotatable bonds is 6. The Labute approximate surface area is 122 Å². The zero-order valence-electron chi connectivity index (χ0n) is 12.0. The Morgan fingerprint density at radius 2 is 1.95 bits per heavy atom. The minimum atomic E-state index is -0.575. The van der Waals surface area contributed by atoms with E-state index >= 15 is 0 Å². The van der Waals surface area contributed by atoms with E-state index in [0.717, 1.165) is 11.4 Å². The van der Waals surface area contributed by atoms with E-state index in [-0.39, 0.29) is 28.6 Å². The first-order chi connectivity index (χ1) is 9.95. The lowest BCUT2D eigenvalue weighted by Crippen LogP contribution is -2.37. The van der Waals surface area contributed by atoms with E-state index in [9.17, 15) is 19.7 Å². The third-order valence-electron chi connectivity index (χ3n) is 3.40. The topological polar surface area (TPSA) is 92.6 Å². The Morgan fingerprint density at radius 1 is 1.29 bits per heavy atom. The lowest BCUT2D eigenvalue weighted by Gasteiger charge is -2.19. The van der Waals surface area contributed by atoms with Crippen molar-refractivity contribution < 1.29 is 14.5 Å². The number of nitrogens with zero attached hydrogens (tertiary/aromatic N) is 2. The number of fused-ring (bicyclic) bond motifs is 1. The third kappa shape index (κ3) is 2.92. The normalized spacial score (nSPS) is 15.2. The molecule has 0 aromatic heterocycles. The molecular formula is C14H17N3O4. The first-order valence-electron chi connectivity index (χ1n) is 6.81. The molecular weight excluding hydrogens is 274 g/mol. The molecule has 0 radical (unpaired) electrons. The van der Waals surface area contributed by atoms with E-state index in [2.05, 4.69) is 5.32 Å². The second-order valence-corrected chi connectivity index (χ2v) is 5.12. The van der Waals surface area contributed by atoms with Crippen LogP contribution in [0.1, 0.15) is 34.6 Å². The van der Waals surface area contributed by atoms with Crippen LogP contribution in [-0.2, 0) is 0 Å². The summed E-state index contributed by atoms with van der Waals surface area (Å²) < 4.78 is 0. The second-order valence-electron chi connectivity index (χ2n) is 5.12. The van der Waals surface area contributed by atoms with Crippen LogP contribution in [0.3, 0.4) is 0 Å². The van der Waals surface area contributed by atoms with E-state index in [4.69, 9.17) is 0 Å². The summed E-state index contributed by atoms with van der Waals surface area (Å²) in [7, 11) is 0. The zero-order chi connectivity index (χ0) is 15.6. The summed E-state index contributed by atoms with van der Waals surface area (Å²) in [5.41, 5.74) is 0.170. The molecule has 0 saturated carbocycles. The number of hydrogen-bond acceptors (Lipinski definition) is 5. The molecule has 0 saturated heterocycles. The molecule has 1 unspecified atom stereocenters. The number of non-ortho nitro benzene ring substituents is 1. The summed E-state index contributed by atoms with van der Waals surface area (Å²) >= 11 is 0. The van der Waals surface area contributed by atoms with Gasteiger partial charge >= 0.3 is 0 Å². The summed E-state index contributed by atoms with van der Waals surface area (Å²) in [6, 6.07) is 3.77. The molecule has 21 heavy (non-hydrogen) atoms. The van der Waals surface area contributed by atoms with Crippen molar-refractivity contribution in [2.45, 2.75) is 13.8 Å². The minimum absolute atomic E-state index is 0.113. The minimum Gasteiger partial charge on any atom is -0.317 e. The molecule has 112 valence electrons. The van der Waals surface area contributed by atoms with Gasteiger partial charge in [-0.2, -0.15) is 0 Å². The monoisotopic (exact) mass is 291 g/mol. The van der Waals surface area contributed by atoms with Gasteiger partial charge in [-0.1, -0.05) is 13.8 Å². The molecule has 1 N–H and O–H groups in total. The number of nitro benzene ring substituents is 1. The Morgan fingerprint density at radius 3 is 2.57 bits per heavy atom. The zero-order valence-corrected chi connectivity index (χ0v) is 12.0. The fraction of sp³-hybridized carbons (Fsp3) is 0.429. The summed E-state index contributed by atoms with van der Waals surface area (Å²) in [6.45, 7) is 5.73. The summed E-state index contributed by atoms with van der Waals surface area (Å²) in [5.74, 6) is -0.725. The van der Waals surface area contributed by atoms with Crippen LogP contribution in [0.4, 0.5) is 5.69 Å². The van der Waals surface area contributed by atoms with Crippen molar-refractivity contribution in [3.63, 3.8) is 0 Å². The van der Waals surface area contributed by atoms with Crippen molar-refractivity contribution in [3.8, 4) is 0 Å². The highest BCUT2D eigenvalue weighted by Gasteiger charge is 2.37. The van der Waals surface area contributed by atoms with Crippen LogP contribution in [0.25, 0.3) is 0 Å². The molecule has 1 aromatic rings. The van der Waals surface area contributed by atoms with Crippen LogP contribution in [0.5, 0.6) is 0 Å². The van der Waals surface area contributed by atoms with Gasteiger partial charge < -0.3 is 5.32 Å². The summed E-state index contributed by atoms with van der Waals surface area (Å²) in [5, 5.41) is 13.9. The first-order valence-corrected chi connectivity index (χ1v) is 6.81. The van der Waals surface area contributed by atoms with Crippen molar-refractivity contribution >= 4 is 17.5 Å². The fourth-order valence-corrected chi connectivity index (χ4v) is 2.33. The molecule has 1 aliphatic heterocycles. The number of carbonyl (C=O) groups excluding carboxylic acids is 2. The van der Waals surface area contributed by atoms with Crippen LogP contribution < -0.4 is 5.32 Å². The Balaban J connectivity index is 2.20. The quantitative estimate of drug-likeness (QED) is 0.486. The molecule has 7 nitrogen and oxygen atoms in total. The number of nitro groups is 1. The van der Waals surface area contributed by atoms with Gasteiger partial charge in [-0.15, -0.1) is 0 Å². The van der Waals surface area contributed by atoms with Gasteiger partial charge in [0.15, 0.2) is 0 Å². The van der Waals surface area contributed by atoms with Crippen molar-refractivity contribution in [2.24, 2.45) is 5.92 Å². The van der Waals surface area contributed by atoms with Crippen molar-refractivity contribution in [1.82, 2.24) is 10.2 Å². The number of nitrogens with one attached hydrogen (secondary N) is 1. The number of carbonyl (C=O) groups is 2. The van der Waals surface area contributed by atoms with Gasteiger partial charge in [0.2, 0.25) is 0 Å². The van der Waals surface area contributed by atoms with E-state index in [0.29, 0.717) is 13.1 Å². The maximum atomic E-state index is 12.3. The molecule has 1 heterocycles. The highest BCUT2D eigenvalue weighted by atomic mass is 16.6. The van der Waals surface area contributed by atoms with Crippen LogP contribution in [0.2, 0.25) is 0 Å². The maximum Gasteiger partial charge on any atom is 0.270 e. The average Bonchev–Trinajstić information content (AvgIpc) is 2.69. The molecule has 0 bridgehead atoms. The third-order valence-corrected chi connectivity index (χ3v) is 3.40. The molecule has 2 amide bonds. The standard InChI is InChI=1S/C14H17N3O4/c1-3-15-7-9(2)8-16-13(18)11-5-4-10(17(20)21)6-12(11)14(16)19/h4-6,9,15H,3,7-8H2,1-2H3. The van der Waals surface area contributed by atoms with Crippen LogP contribution >= 0.6 is 0 Å². The number of benzene rings is 1. The Kier molecular flexibility index (Phi) is 4.32. The molecule has 2 rings (SSSR count). The van der Waals surface area contributed by atoms with Crippen LogP contribution in [0.15, 0.2) is 18.2 Å². The lowest BCUT2D eigenvalue weighted by molar-refractivity contribution is -0.384. The molecule has 0 fully saturated rings. The molecule has 7 heteroatoms. The molecule has 0 spiro atoms. The molecule has 1 aromatic carbocycles. The van der Waals surface area contributed by atoms with Gasteiger partial charge in [-0.3, -0.25) is 24.6 Å². The van der Waals surface area contributed by atoms with Gasteiger partial charge in [0.1, 0.15) is 0 Å². The summed E-state index contributed by atoms with van der Waals surface area (Å²) in [4.78, 5) is 35.8. The SMILES string of the molecule is CCNCC(C)CN1C(=O)c2ccc([N+](=O)[O-])cc2C1=O. The number of hydrogen-bond donors (Lipinski definition) is 1. The van der Waals surface area contributed by atoms with Crippen LogP contribution in [-0.4, -0.2) is 41.3 Å². The Hall–Kier alpha value is -2.28. The van der Waals surface area contributed by atoms with Crippen molar-refractivity contribution in [1.29, 1.82) is 0 Å². The smallest absolute Gasteiger partial charge is 0.270 e. The maximum absolute atomic E-state index is 12.3. The van der Waals surface area contributed by atoms with Gasteiger partial charge in [-0.25, -0.2) is 0 Å². The van der Waals surface area contributed by atoms with Gasteiger partial charge in [0.25, 0.3) is 17.5 Å². The van der Waals surface area contributed by atoms with Gasteiger partial charge in [-0.05, 0) is 25.1 Å². The molecule has 1 atom stereocenters. The van der Waals surface area contributed by atoms with E-state index < -0.39 is 10.8 Å². The van der Waals surface area contributed by atoms with Gasteiger partial charge in [0, 0.05) is 18.7 Å². The van der Waals surface area contributed by atoms with E-state index in [1.807, 2.05) is 13.8 Å². The van der Waals surface area contributed by atoms with Gasteiger partial charge in [0.05, 0.1) is 16.1 Å². The first kappa shape index (κ1) is 15.1. The Bertz CT molecular complexity index is 600. The van der Waals surface area contributed by atoms with Crippen LogP contribution in [0, 0.1) is 16.0 Å². The largest absolute Gasteiger partial charge is 0.317 e. The molecule has 0 aliphatic carbocycles. The number of amides is 2. The lowest BCUT2D eigenvalue weighted by atomic mass is 10.1. The summed E-state index contributed by atoms with van der Waals surface area (Å²) in [6.07, 6.45) is 0. The highest BCUT2D eigenvalue weighted by Crippen LogP contribution is 2.27. The predicted molar refractivity (Wildman–Crippen MR) is 76.2 cm³/mol. The number of imide groups is 1.